The highest BCUT2D eigenvalue weighted by Crippen LogP contribution is 2.21. The molecule has 1 aromatic rings. The maximum Gasteiger partial charge on any atom is 0.255 e. The maximum absolute atomic E-state index is 13.1. The van der Waals surface area contributed by atoms with Crippen LogP contribution in [0.3, 0.4) is 0 Å². The Kier molecular flexibility index (Phi) is 10.8. The van der Waals surface area contributed by atoms with Crippen molar-refractivity contribution in [3.63, 3.8) is 0 Å². The van der Waals surface area contributed by atoms with Crippen molar-refractivity contribution in [2.24, 2.45) is 5.73 Å². The Morgan fingerprint density at radius 3 is 2.83 bits per heavy atom. The Bertz CT molecular complexity index is 667. The molecule has 0 bridgehead atoms. The fourth-order valence-corrected chi connectivity index (χ4v) is 3.59. The van der Waals surface area contributed by atoms with Gasteiger partial charge in [0.05, 0.1) is 12.7 Å². The molecule has 2 N–H and O–H groups in total. The highest BCUT2D eigenvalue weighted by atomic mass is 16.7. The second-order valence-corrected chi connectivity index (χ2v) is 7.58. The predicted molar refractivity (Wildman–Crippen MR) is 115 cm³/mol. The fraction of sp³-hybridized carbons (Fsp3) is 0.652. The summed E-state index contributed by atoms with van der Waals surface area (Å²) in [4.78, 5) is 25.9. The summed E-state index contributed by atoms with van der Waals surface area (Å²) in [6, 6.07) is 7.70. The van der Waals surface area contributed by atoms with Crippen LogP contribution in [0.1, 0.15) is 68.3 Å². The molecule has 2 atom stereocenters. The SMILES string of the molecule is CCOCO[C@H]1CCCCN1C(=O)c1cccc(CCOC(CC)CCC(N)=O)c1. The number of hydrogen-bond acceptors (Lipinski definition) is 5. The molecule has 0 radical (unpaired) electrons. The van der Waals surface area contributed by atoms with Crippen LogP contribution in [0.4, 0.5) is 0 Å². The van der Waals surface area contributed by atoms with E-state index < -0.39 is 0 Å². The zero-order chi connectivity index (χ0) is 21.8. The molecule has 0 aliphatic carbocycles. The van der Waals surface area contributed by atoms with Gasteiger partial charge in [-0.3, -0.25) is 9.59 Å². The van der Waals surface area contributed by atoms with Gasteiger partial charge < -0.3 is 24.8 Å². The summed E-state index contributed by atoms with van der Waals surface area (Å²) in [5.74, 6) is -0.309. The number of primary amides is 1. The van der Waals surface area contributed by atoms with Gasteiger partial charge in [-0.2, -0.15) is 0 Å². The largest absolute Gasteiger partial charge is 0.378 e. The maximum atomic E-state index is 13.1. The predicted octanol–water partition coefficient (Wildman–Crippen LogP) is 3.25. The van der Waals surface area contributed by atoms with Crippen LogP contribution in [-0.2, 0) is 25.4 Å². The van der Waals surface area contributed by atoms with E-state index in [9.17, 15) is 9.59 Å². The standard InChI is InChI=1S/C23H36N2O5/c1-3-20(11-12-21(24)26)29-15-13-18-8-7-9-19(16-18)23(27)25-14-6-5-10-22(25)30-17-28-4-2/h7-9,16,20,22H,3-6,10-15,17H2,1-2H3,(H2,24,26)/t20?,22-/m0/s1. The quantitative estimate of drug-likeness (QED) is 0.391. The number of amides is 2. The van der Waals surface area contributed by atoms with Crippen molar-refractivity contribution in [3.8, 4) is 0 Å². The lowest BCUT2D eigenvalue weighted by atomic mass is 10.0. The van der Waals surface area contributed by atoms with Crippen LogP contribution in [0.2, 0.25) is 0 Å². The van der Waals surface area contributed by atoms with Crippen LogP contribution in [-0.4, -0.2) is 55.6 Å². The lowest BCUT2D eigenvalue weighted by molar-refractivity contribution is -0.139. The molecular weight excluding hydrogens is 384 g/mol. The van der Waals surface area contributed by atoms with Gasteiger partial charge in [-0.15, -0.1) is 0 Å². The molecule has 0 spiro atoms. The minimum absolute atomic E-state index is 0.00754. The molecule has 1 saturated heterocycles. The van der Waals surface area contributed by atoms with Crippen LogP contribution in [0, 0.1) is 0 Å². The summed E-state index contributed by atoms with van der Waals surface area (Å²) in [6.45, 7) is 5.99. The number of benzene rings is 1. The second kappa shape index (κ2) is 13.4. The molecule has 2 rings (SSSR count). The third-order valence-electron chi connectivity index (χ3n) is 5.34. The molecule has 7 heteroatoms. The van der Waals surface area contributed by atoms with Crippen molar-refractivity contribution in [1.29, 1.82) is 0 Å². The number of ether oxygens (including phenoxy) is 3. The summed E-state index contributed by atoms with van der Waals surface area (Å²) in [5.41, 5.74) is 6.94. The number of carbonyl (C=O) groups is 2. The van der Waals surface area contributed by atoms with E-state index in [4.69, 9.17) is 19.9 Å². The lowest BCUT2D eigenvalue weighted by Gasteiger charge is -2.35. The van der Waals surface area contributed by atoms with Crippen LogP contribution in [0.15, 0.2) is 24.3 Å². The summed E-state index contributed by atoms with van der Waals surface area (Å²) in [5, 5.41) is 0. The van der Waals surface area contributed by atoms with E-state index in [1.54, 1.807) is 0 Å². The van der Waals surface area contributed by atoms with E-state index in [2.05, 4.69) is 0 Å². The van der Waals surface area contributed by atoms with E-state index in [0.29, 0.717) is 44.6 Å². The Morgan fingerprint density at radius 2 is 2.10 bits per heavy atom. The molecule has 1 aromatic carbocycles. The summed E-state index contributed by atoms with van der Waals surface area (Å²) in [7, 11) is 0. The van der Waals surface area contributed by atoms with Crippen molar-refractivity contribution in [2.75, 3.05) is 26.6 Å². The third-order valence-corrected chi connectivity index (χ3v) is 5.34. The molecule has 1 aliphatic rings. The average Bonchev–Trinajstić information content (AvgIpc) is 2.76. The zero-order valence-corrected chi connectivity index (χ0v) is 18.3. The molecule has 1 fully saturated rings. The van der Waals surface area contributed by atoms with E-state index in [0.717, 1.165) is 31.2 Å². The van der Waals surface area contributed by atoms with E-state index in [1.807, 2.05) is 43.0 Å². The number of nitrogens with zero attached hydrogens (tertiary/aromatic N) is 1. The van der Waals surface area contributed by atoms with Gasteiger partial charge in [-0.05, 0) is 63.1 Å². The average molecular weight is 421 g/mol. The van der Waals surface area contributed by atoms with Gasteiger partial charge in [0, 0.05) is 25.1 Å². The first-order valence-corrected chi connectivity index (χ1v) is 11.0. The topological polar surface area (TPSA) is 91.1 Å². The molecule has 30 heavy (non-hydrogen) atoms. The van der Waals surface area contributed by atoms with Crippen molar-refractivity contribution in [3.05, 3.63) is 35.4 Å². The number of carbonyl (C=O) groups excluding carboxylic acids is 2. The number of rotatable bonds is 13. The lowest BCUT2D eigenvalue weighted by Crippen LogP contribution is -2.45. The first kappa shape index (κ1) is 24.3. The Morgan fingerprint density at radius 1 is 1.27 bits per heavy atom. The van der Waals surface area contributed by atoms with Gasteiger partial charge in [0.2, 0.25) is 5.91 Å². The molecule has 0 aromatic heterocycles. The summed E-state index contributed by atoms with van der Waals surface area (Å²) < 4.78 is 17.0. The number of likely N-dealkylation sites (tertiary alicyclic amines) is 1. The highest BCUT2D eigenvalue weighted by molar-refractivity contribution is 5.94. The first-order valence-electron chi connectivity index (χ1n) is 11.0. The normalized spacial score (nSPS) is 17.7. The van der Waals surface area contributed by atoms with Gasteiger partial charge in [-0.1, -0.05) is 19.1 Å². The Balaban J connectivity index is 1.91. The Labute approximate surface area is 179 Å². The molecule has 0 saturated carbocycles. The van der Waals surface area contributed by atoms with E-state index in [1.165, 1.54) is 0 Å². The first-order chi connectivity index (χ1) is 14.5. The van der Waals surface area contributed by atoms with Crippen LogP contribution in [0.5, 0.6) is 0 Å². The molecule has 7 nitrogen and oxygen atoms in total. The van der Waals surface area contributed by atoms with Gasteiger partial charge in [0.1, 0.15) is 13.0 Å². The molecule has 1 unspecified atom stereocenters. The summed E-state index contributed by atoms with van der Waals surface area (Å²) in [6.07, 6.45) is 5.18. The monoisotopic (exact) mass is 420 g/mol. The smallest absolute Gasteiger partial charge is 0.255 e. The highest BCUT2D eigenvalue weighted by Gasteiger charge is 2.28. The minimum Gasteiger partial charge on any atom is -0.378 e. The van der Waals surface area contributed by atoms with Crippen molar-refractivity contribution < 1.29 is 23.8 Å². The third kappa shape index (κ3) is 8.05. The van der Waals surface area contributed by atoms with Crippen LogP contribution < -0.4 is 5.73 Å². The van der Waals surface area contributed by atoms with Crippen molar-refractivity contribution in [1.82, 2.24) is 4.90 Å². The number of hydrogen-bond donors (Lipinski definition) is 1. The van der Waals surface area contributed by atoms with Crippen molar-refractivity contribution in [2.45, 2.75) is 71.1 Å². The van der Waals surface area contributed by atoms with Gasteiger partial charge in [0.25, 0.3) is 5.91 Å². The molecule has 1 aliphatic heterocycles. The van der Waals surface area contributed by atoms with Crippen molar-refractivity contribution >= 4 is 11.8 Å². The molecule has 2 amide bonds. The van der Waals surface area contributed by atoms with E-state index >= 15 is 0 Å². The Hall–Kier alpha value is -1.96. The molecule has 1 heterocycles. The van der Waals surface area contributed by atoms with Crippen LogP contribution in [0.25, 0.3) is 0 Å². The number of piperidine rings is 1. The van der Waals surface area contributed by atoms with Crippen LogP contribution >= 0.6 is 0 Å². The zero-order valence-electron chi connectivity index (χ0n) is 18.3. The fourth-order valence-electron chi connectivity index (χ4n) is 3.59. The summed E-state index contributed by atoms with van der Waals surface area (Å²) >= 11 is 0. The van der Waals surface area contributed by atoms with Gasteiger partial charge in [-0.25, -0.2) is 0 Å². The second-order valence-electron chi connectivity index (χ2n) is 7.58. The molecule has 168 valence electrons. The number of nitrogens with two attached hydrogens (primary N) is 1. The molecular formula is C23H36N2O5. The van der Waals surface area contributed by atoms with Gasteiger partial charge in [0.15, 0.2) is 0 Å². The minimum atomic E-state index is -0.301. The van der Waals surface area contributed by atoms with Gasteiger partial charge >= 0.3 is 0 Å². The van der Waals surface area contributed by atoms with E-state index in [-0.39, 0.29) is 30.9 Å².